The maximum atomic E-state index is 11.1. The number of hydrogen-bond acceptors (Lipinski definition) is 4. The monoisotopic (exact) mass is 349 g/mol. The van der Waals surface area contributed by atoms with Gasteiger partial charge in [0.05, 0.1) is 12.2 Å². The lowest BCUT2D eigenvalue weighted by atomic mass is 10.1. The average Bonchev–Trinajstić information content (AvgIpc) is 2.94. The van der Waals surface area contributed by atoms with Gasteiger partial charge in [0.15, 0.2) is 0 Å². The molecule has 1 rings (SSSR count). The minimum Gasteiger partial charge on any atom is -0.544 e. The smallest absolute Gasteiger partial charge is 0.207 e. The third-order valence-electron chi connectivity index (χ3n) is 4.70. The van der Waals surface area contributed by atoms with Crippen LogP contribution in [0.5, 0.6) is 0 Å². The van der Waals surface area contributed by atoms with E-state index in [2.05, 4.69) is 24.1 Å². The molecule has 0 bridgehead atoms. The molecule has 0 radical (unpaired) electrons. The number of hydrogen-bond donors (Lipinski definition) is 1. The van der Waals surface area contributed by atoms with E-state index in [1.807, 2.05) is 6.20 Å². The van der Waals surface area contributed by atoms with Crippen LogP contribution in [0.3, 0.4) is 0 Å². The zero-order chi connectivity index (χ0) is 18.4. The van der Waals surface area contributed by atoms with Crippen LogP contribution in [0.2, 0.25) is 0 Å². The van der Waals surface area contributed by atoms with Crippen LogP contribution in [-0.2, 0) is 4.79 Å². The van der Waals surface area contributed by atoms with Gasteiger partial charge in [-0.25, -0.2) is 9.48 Å². The normalized spacial score (nSPS) is 19.7. The Kier molecular flexibility index (Phi) is 11.1. The summed E-state index contributed by atoms with van der Waals surface area (Å²) in [5.41, 5.74) is 5.67. The standard InChI is InChI=1S/C20H35N3O2/c1-2-3-4-5-6-7-8-9-10-11-12-13-19-22-15-17-23(19,16-14-21)18-20(24)25/h3-4,15,17H,2,5-14,16,18,21H2,1H3/b4-3+. The molecule has 0 fully saturated rings. The highest BCUT2D eigenvalue weighted by Gasteiger charge is 2.34. The molecule has 142 valence electrons. The third kappa shape index (κ3) is 8.45. The summed E-state index contributed by atoms with van der Waals surface area (Å²) in [6, 6.07) is 0. The molecule has 0 aromatic carbocycles. The first-order valence-corrected chi connectivity index (χ1v) is 9.81. The third-order valence-corrected chi connectivity index (χ3v) is 4.70. The van der Waals surface area contributed by atoms with Gasteiger partial charge in [-0.1, -0.05) is 51.2 Å². The van der Waals surface area contributed by atoms with E-state index in [1.54, 1.807) is 6.20 Å². The van der Waals surface area contributed by atoms with Crippen molar-refractivity contribution < 1.29 is 14.4 Å². The van der Waals surface area contributed by atoms with Crippen LogP contribution in [0.25, 0.3) is 0 Å². The van der Waals surface area contributed by atoms with Crippen molar-refractivity contribution in [2.75, 3.05) is 19.6 Å². The molecule has 0 spiro atoms. The molecule has 1 atom stereocenters. The number of carbonyl (C=O) groups excluding carboxylic acids is 1. The van der Waals surface area contributed by atoms with Crippen molar-refractivity contribution in [3.63, 3.8) is 0 Å². The number of nitrogens with zero attached hydrogens (tertiary/aromatic N) is 2. The number of aliphatic carboxylic acids is 1. The summed E-state index contributed by atoms with van der Waals surface area (Å²) in [5.74, 6) is -0.140. The fourth-order valence-corrected chi connectivity index (χ4v) is 3.34. The first-order valence-electron chi connectivity index (χ1n) is 9.81. The zero-order valence-electron chi connectivity index (χ0n) is 15.8. The predicted molar refractivity (Wildman–Crippen MR) is 102 cm³/mol. The van der Waals surface area contributed by atoms with Gasteiger partial charge in [0, 0.05) is 13.0 Å². The van der Waals surface area contributed by atoms with Gasteiger partial charge in [-0.3, -0.25) is 0 Å². The molecule has 1 unspecified atom stereocenters. The Bertz CT molecular complexity index is 472. The van der Waals surface area contributed by atoms with Gasteiger partial charge < -0.3 is 15.6 Å². The number of aliphatic imine (C=N–C) groups is 1. The number of allylic oxidation sites excluding steroid dienone is 2. The number of unbranched alkanes of at least 4 members (excludes halogenated alkanes) is 7. The Labute approximate surface area is 152 Å². The van der Waals surface area contributed by atoms with E-state index in [-0.39, 0.29) is 11.0 Å². The van der Waals surface area contributed by atoms with Gasteiger partial charge in [0.25, 0.3) is 0 Å². The second-order valence-electron chi connectivity index (χ2n) is 6.81. The maximum Gasteiger partial charge on any atom is 0.207 e. The van der Waals surface area contributed by atoms with E-state index in [4.69, 9.17) is 5.73 Å². The second-order valence-corrected chi connectivity index (χ2v) is 6.81. The maximum absolute atomic E-state index is 11.1. The topological polar surface area (TPSA) is 78.5 Å². The van der Waals surface area contributed by atoms with Gasteiger partial charge in [-0.05, 0) is 25.7 Å². The van der Waals surface area contributed by atoms with Crippen molar-refractivity contribution in [1.29, 1.82) is 0 Å². The Morgan fingerprint density at radius 2 is 1.84 bits per heavy atom. The first-order chi connectivity index (χ1) is 12.1. The molecule has 0 aliphatic carbocycles. The quantitative estimate of drug-likeness (QED) is 0.280. The van der Waals surface area contributed by atoms with E-state index in [0.29, 0.717) is 13.1 Å². The molecule has 1 heterocycles. The highest BCUT2D eigenvalue weighted by Crippen LogP contribution is 2.21. The van der Waals surface area contributed by atoms with Gasteiger partial charge in [0.1, 0.15) is 19.3 Å². The van der Waals surface area contributed by atoms with E-state index in [0.717, 1.165) is 25.1 Å². The summed E-state index contributed by atoms with van der Waals surface area (Å²) < 4.78 is 0.240. The lowest BCUT2D eigenvalue weighted by molar-refractivity contribution is -0.780. The molecular formula is C20H35N3O2. The number of carbonyl (C=O) groups is 1. The van der Waals surface area contributed by atoms with Crippen molar-refractivity contribution in [2.24, 2.45) is 10.7 Å². The van der Waals surface area contributed by atoms with E-state index in [9.17, 15) is 9.90 Å². The first kappa shape index (κ1) is 21.6. The Morgan fingerprint density at radius 1 is 1.16 bits per heavy atom. The average molecular weight is 350 g/mol. The molecule has 0 aromatic heterocycles. The van der Waals surface area contributed by atoms with Crippen LogP contribution in [0.15, 0.2) is 29.5 Å². The van der Waals surface area contributed by atoms with E-state index < -0.39 is 5.97 Å². The minimum atomic E-state index is -1.05. The number of quaternary nitrogens is 1. The fraction of sp³-hybridized carbons (Fsp3) is 0.700. The summed E-state index contributed by atoms with van der Waals surface area (Å²) in [5, 5.41) is 11.1. The predicted octanol–water partition coefficient (Wildman–Crippen LogP) is 2.87. The Balaban J connectivity index is 2.16. The molecule has 0 aromatic rings. The van der Waals surface area contributed by atoms with E-state index in [1.165, 1.54) is 44.9 Å². The molecule has 0 amide bonds. The van der Waals surface area contributed by atoms with Gasteiger partial charge in [-0.2, -0.15) is 0 Å². The highest BCUT2D eigenvalue weighted by molar-refractivity contribution is 5.80. The summed E-state index contributed by atoms with van der Waals surface area (Å²) in [7, 11) is 0. The number of nitrogens with two attached hydrogens (primary N) is 1. The van der Waals surface area contributed by atoms with Crippen molar-refractivity contribution in [2.45, 2.75) is 71.1 Å². The summed E-state index contributed by atoms with van der Waals surface area (Å²) in [6.45, 7) is 3.10. The summed E-state index contributed by atoms with van der Waals surface area (Å²) in [4.78, 5) is 15.5. The van der Waals surface area contributed by atoms with Crippen LogP contribution in [0.1, 0.15) is 71.1 Å². The molecule has 0 saturated carbocycles. The highest BCUT2D eigenvalue weighted by atomic mass is 16.4. The van der Waals surface area contributed by atoms with Gasteiger partial charge in [-0.15, -0.1) is 0 Å². The summed E-state index contributed by atoms with van der Waals surface area (Å²) in [6.07, 6.45) is 19.9. The second kappa shape index (κ2) is 12.8. The van der Waals surface area contributed by atoms with Crippen LogP contribution in [0.4, 0.5) is 0 Å². The van der Waals surface area contributed by atoms with Crippen LogP contribution >= 0.6 is 0 Å². The van der Waals surface area contributed by atoms with Crippen LogP contribution in [-0.4, -0.2) is 35.9 Å². The molecule has 5 nitrogen and oxygen atoms in total. The number of rotatable bonds is 15. The molecule has 2 N–H and O–H groups in total. The van der Waals surface area contributed by atoms with Gasteiger partial charge in [0.2, 0.25) is 5.84 Å². The van der Waals surface area contributed by atoms with Crippen molar-refractivity contribution in [1.82, 2.24) is 0 Å². The number of carboxylic acid groups (broad SMARTS) is 1. The molecule has 5 heteroatoms. The molecule has 1 aliphatic rings. The van der Waals surface area contributed by atoms with Crippen molar-refractivity contribution in [3.05, 3.63) is 24.6 Å². The SMILES string of the molecule is CC/C=C/CCCCCCCCCC1=NC=C[N+]1(CCN)CC(=O)[O-]. The van der Waals surface area contributed by atoms with Crippen LogP contribution in [0, 0.1) is 0 Å². The van der Waals surface area contributed by atoms with Crippen molar-refractivity contribution >= 4 is 11.8 Å². The lowest BCUT2D eigenvalue weighted by Crippen LogP contribution is -2.55. The molecular weight excluding hydrogens is 314 g/mol. The summed E-state index contributed by atoms with van der Waals surface area (Å²) >= 11 is 0. The Morgan fingerprint density at radius 3 is 2.48 bits per heavy atom. The molecule has 25 heavy (non-hydrogen) atoms. The van der Waals surface area contributed by atoms with E-state index >= 15 is 0 Å². The largest absolute Gasteiger partial charge is 0.544 e. The minimum absolute atomic E-state index is 0.0704. The van der Waals surface area contributed by atoms with Crippen LogP contribution < -0.4 is 10.8 Å². The molecule has 0 saturated heterocycles. The number of amidine groups is 1. The van der Waals surface area contributed by atoms with Gasteiger partial charge >= 0.3 is 0 Å². The zero-order valence-corrected chi connectivity index (χ0v) is 15.8. The fourth-order valence-electron chi connectivity index (χ4n) is 3.34. The number of carboxylic acids is 1. The lowest BCUT2D eigenvalue weighted by Gasteiger charge is -2.32. The Hall–Kier alpha value is -1.46. The van der Waals surface area contributed by atoms with Crippen molar-refractivity contribution in [3.8, 4) is 0 Å². The molecule has 1 aliphatic heterocycles.